The predicted molar refractivity (Wildman–Crippen MR) is 70.5 cm³/mol. The average Bonchev–Trinajstić information content (AvgIpc) is 2.81. The summed E-state index contributed by atoms with van der Waals surface area (Å²) in [6, 6.07) is 9.55. The van der Waals surface area contributed by atoms with Gasteiger partial charge in [0.15, 0.2) is 5.76 Å². The number of furan rings is 1. The fraction of sp³-hybridized carbons (Fsp3) is 0.267. The van der Waals surface area contributed by atoms with Crippen LogP contribution in [-0.4, -0.2) is 5.91 Å². The van der Waals surface area contributed by atoms with Gasteiger partial charge in [-0.15, -0.1) is 0 Å². The molecule has 0 unspecified atom stereocenters. The zero-order chi connectivity index (χ0) is 13.1. The van der Waals surface area contributed by atoms with Gasteiger partial charge in [0.1, 0.15) is 0 Å². The van der Waals surface area contributed by atoms with Crippen LogP contribution in [0.5, 0.6) is 0 Å². The Labute approximate surface area is 107 Å². The summed E-state index contributed by atoms with van der Waals surface area (Å²) < 4.78 is 5.07. The van der Waals surface area contributed by atoms with E-state index in [4.69, 9.17) is 4.42 Å². The maximum absolute atomic E-state index is 11.9. The first kappa shape index (κ1) is 12.4. The smallest absolute Gasteiger partial charge is 0.287 e. The number of hydrogen-bond donors (Lipinski definition) is 1. The SMILES string of the molecule is Cc1ccc([C@H](C)NC(=O)c2ccco2)c(C)c1. The van der Waals surface area contributed by atoms with Crippen LogP contribution in [0.3, 0.4) is 0 Å². The number of carbonyl (C=O) groups is 1. The average molecular weight is 243 g/mol. The van der Waals surface area contributed by atoms with Crippen LogP contribution in [0, 0.1) is 13.8 Å². The Bertz CT molecular complexity index is 544. The van der Waals surface area contributed by atoms with Gasteiger partial charge in [0.25, 0.3) is 5.91 Å². The Morgan fingerprint density at radius 1 is 1.28 bits per heavy atom. The van der Waals surface area contributed by atoms with Gasteiger partial charge in [-0.05, 0) is 44.0 Å². The van der Waals surface area contributed by atoms with Crippen molar-refractivity contribution in [1.29, 1.82) is 0 Å². The standard InChI is InChI=1S/C15H17NO2/c1-10-6-7-13(11(2)9-10)12(3)16-15(17)14-5-4-8-18-14/h4-9,12H,1-3H3,(H,16,17)/t12-/m0/s1. The lowest BCUT2D eigenvalue weighted by molar-refractivity contribution is 0.0912. The largest absolute Gasteiger partial charge is 0.459 e. The molecule has 0 aliphatic rings. The second-order valence-electron chi connectivity index (χ2n) is 4.53. The minimum Gasteiger partial charge on any atom is -0.459 e. The summed E-state index contributed by atoms with van der Waals surface area (Å²) in [7, 11) is 0. The predicted octanol–water partition coefficient (Wildman–Crippen LogP) is 3.39. The summed E-state index contributed by atoms with van der Waals surface area (Å²) in [6.45, 7) is 6.08. The molecular weight excluding hydrogens is 226 g/mol. The molecule has 0 saturated heterocycles. The fourth-order valence-corrected chi connectivity index (χ4v) is 2.06. The van der Waals surface area contributed by atoms with E-state index < -0.39 is 0 Å². The maximum atomic E-state index is 11.9. The van der Waals surface area contributed by atoms with Gasteiger partial charge in [-0.3, -0.25) is 4.79 Å². The number of nitrogens with one attached hydrogen (secondary N) is 1. The summed E-state index contributed by atoms with van der Waals surface area (Å²) in [4.78, 5) is 11.9. The molecule has 1 atom stereocenters. The highest BCUT2D eigenvalue weighted by atomic mass is 16.3. The van der Waals surface area contributed by atoms with Crippen LogP contribution < -0.4 is 5.32 Å². The van der Waals surface area contributed by atoms with Gasteiger partial charge in [-0.2, -0.15) is 0 Å². The van der Waals surface area contributed by atoms with E-state index in [1.165, 1.54) is 17.4 Å². The Morgan fingerprint density at radius 3 is 2.67 bits per heavy atom. The second-order valence-corrected chi connectivity index (χ2v) is 4.53. The molecule has 1 amide bonds. The maximum Gasteiger partial charge on any atom is 0.287 e. The van der Waals surface area contributed by atoms with Crippen molar-refractivity contribution in [2.75, 3.05) is 0 Å². The quantitative estimate of drug-likeness (QED) is 0.897. The van der Waals surface area contributed by atoms with Crippen LogP contribution >= 0.6 is 0 Å². The zero-order valence-electron chi connectivity index (χ0n) is 10.9. The first-order chi connectivity index (χ1) is 8.58. The Hall–Kier alpha value is -2.03. The topological polar surface area (TPSA) is 42.2 Å². The molecule has 0 bridgehead atoms. The molecule has 0 radical (unpaired) electrons. The molecule has 18 heavy (non-hydrogen) atoms. The highest BCUT2D eigenvalue weighted by Gasteiger charge is 2.14. The molecule has 2 rings (SSSR count). The molecule has 1 heterocycles. The Balaban J connectivity index is 2.12. The monoisotopic (exact) mass is 243 g/mol. The number of amides is 1. The first-order valence-corrected chi connectivity index (χ1v) is 5.99. The molecule has 1 N–H and O–H groups in total. The normalized spacial score (nSPS) is 12.2. The number of carbonyl (C=O) groups excluding carboxylic acids is 1. The molecule has 2 aromatic rings. The van der Waals surface area contributed by atoms with Crippen molar-refractivity contribution in [2.24, 2.45) is 0 Å². The van der Waals surface area contributed by atoms with E-state index in [-0.39, 0.29) is 11.9 Å². The van der Waals surface area contributed by atoms with E-state index in [9.17, 15) is 4.79 Å². The van der Waals surface area contributed by atoms with Crippen LogP contribution in [0.4, 0.5) is 0 Å². The molecule has 0 aliphatic heterocycles. The lowest BCUT2D eigenvalue weighted by Gasteiger charge is -2.16. The Morgan fingerprint density at radius 2 is 2.06 bits per heavy atom. The first-order valence-electron chi connectivity index (χ1n) is 5.99. The third-order valence-electron chi connectivity index (χ3n) is 2.98. The van der Waals surface area contributed by atoms with Crippen LogP contribution in [0.25, 0.3) is 0 Å². The Kier molecular flexibility index (Phi) is 3.51. The highest BCUT2D eigenvalue weighted by molar-refractivity contribution is 5.91. The number of rotatable bonds is 3. The van der Waals surface area contributed by atoms with E-state index in [0.29, 0.717) is 5.76 Å². The zero-order valence-corrected chi connectivity index (χ0v) is 10.9. The summed E-state index contributed by atoms with van der Waals surface area (Å²) in [5.74, 6) is 0.152. The van der Waals surface area contributed by atoms with E-state index in [2.05, 4.69) is 37.4 Å². The van der Waals surface area contributed by atoms with Crippen LogP contribution in [0.2, 0.25) is 0 Å². The van der Waals surface area contributed by atoms with E-state index >= 15 is 0 Å². The van der Waals surface area contributed by atoms with Gasteiger partial charge >= 0.3 is 0 Å². The van der Waals surface area contributed by atoms with Crippen molar-refractivity contribution in [3.63, 3.8) is 0 Å². The molecule has 0 saturated carbocycles. The van der Waals surface area contributed by atoms with Crippen LogP contribution in [0.15, 0.2) is 41.0 Å². The molecule has 3 nitrogen and oxygen atoms in total. The molecule has 1 aromatic heterocycles. The van der Waals surface area contributed by atoms with Gasteiger partial charge in [-0.25, -0.2) is 0 Å². The highest BCUT2D eigenvalue weighted by Crippen LogP contribution is 2.19. The third-order valence-corrected chi connectivity index (χ3v) is 2.98. The number of aryl methyl sites for hydroxylation is 2. The number of hydrogen-bond acceptors (Lipinski definition) is 2. The fourth-order valence-electron chi connectivity index (χ4n) is 2.06. The second kappa shape index (κ2) is 5.08. The minimum atomic E-state index is -0.188. The van der Waals surface area contributed by atoms with Gasteiger partial charge in [0.2, 0.25) is 0 Å². The third kappa shape index (κ3) is 2.62. The molecule has 1 aromatic carbocycles. The molecular formula is C15H17NO2. The van der Waals surface area contributed by atoms with Crippen molar-refractivity contribution >= 4 is 5.91 Å². The number of benzene rings is 1. The van der Waals surface area contributed by atoms with E-state index in [0.717, 1.165) is 5.56 Å². The molecule has 0 spiro atoms. The summed E-state index contributed by atoms with van der Waals surface area (Å²) in [5, 5.41) is 2.93. The van der Waals surface area contributed by atoms with Crippen molar-refractivity contribution in [2.45, 2.75) is 26.8 Å². The molecule has 3 heteroatoms. The minimum absolute atomic E-state index is 0.0387. The van der Waals surface area contributed by atoms with Crippen molar-refractivity contribution in [3.8, 4) is 0 Å². The van der Waals surface area contributed by atoms with Gasteiger partial charge in [0.05, 0.1) is 12.3 Å². The van der Waals surface area contributed by atoms with Gasteiger partial charge < -0.3 is 9.73 Å². The van der Waals surface area contributed by atoms with Crippen molar-refractivity contribution in [1.82, 2.24) is 5.32 Å². The van der Waals surface area contributed by atoms with E-state index in [1.807, 2.05) is 6.92 Å². The lowest BCUT2D eigenvalue weighted by Crippen LogP contribution is -2.26. The lowest BCUT2D eigenvalue weighted by atomic mass is 10.0. The summed E-state index contributed by atoms with van der Waals surface area (Å²) in [6.07, 6.45) is 1.50. The van der Waals surface area contributed by atoms with Gasteiger partial charge in [0, 0.05) is 0 Å². The van der Waals surface area contributed by atoms with Crippen LogP contribution in [0.1, 0.15) is 40.2 Å². The molecule has 0 fully saturated rings. The van der Waals surface area contributed by atoms with Crippen molar-refractivity contribution < 1.29 is 9.21 Å². The van der Waals surface area contributed by atoms with Crippen molar-refractivity contribution in [3.05, 3.63) is 59.0 Å². The summed E-state index contributed by atoms with van der Waals surface area (Å²) in [5.41, 5.74) is 3.53. The van der Waals surface area contributed by atoms with E-state index in [1.54, 1.807) is 12.1 Å². The molecule has 0 aliphatic carbocycles. The van der Waals surface area contributed by atoms with Crippen LogP contribution in [-0.2, 0) is 0 Å². The molecule has 94 valence electrons. The van der Waals surface area contributed by atoms with Gasteiger partial charge in [-0.1, -0.05) is 23.8 Å². The summed E-state index contributed by atoms with van der Waals surface area (Å²) >= 11 is 0.